The number of carboxylic acid groups (broad SMARTS) is 1. The summed E-state index contributed by atoms with van der Waals surface area (Å²) in [4.78, 5) is 50.5. The summed E-state index contributed by atoms with van der Waals surface area (Å²) in [6.45, 7) is -0.642. The summed E-state index contributed by atoms with van der Waals surface area (Å²) in [6, 6.07) is 16.1. The van der Waals surface area contributed by atoms with E-state index < -0.39 is 30.4 Å². The molecule has 0 radical (unpaired) electrons. The number of thiazole rings is 1. The fraction of sp³-hybridized carbons (Fsp3) is 0.208. The topological polar surface area (TPSA) is 147 Å². The van der Waals surface area contributed by atoms with Crippen LogP contribution in [0.3, 0.4) is 0 Å². The third-order valence-corrected chi connectivity index (χ3v) is 6.21. The molecule has 1 aliphatic rings. The summed E-state index contributed by atoms with van der Waals surface area (Å²) >= 11 is 1.17. The Morgan fingerprint density at radius 2 is 1.57 bits per heavy atom. The molecule has 180 valence electrons. The van der Waals surface area contributed by atoms with Crippen molar-refractivity contribution in [2.75, 3.05) is 19.7 Å². The summed E-state index contributed by atoms with van der Waals surface area (Å²) < 4.78 is 5.48. The quantitative estimate of drug-likeness (QED) is 0.356. The minimum absolute atomic E-state index is 0.0454. The van der Waals surface area contributed by atoms with Crippen molar-refractivity contribution in [3.05, 3.63) is 75.7 Å². The van der Waals surface area contributed by atoms with Gasteiger partial charge in [0.25, 0.3) is 5.91 Å². The Labute approximate surface area is 204 Å². The molecule has 3 aromatic rings. The van der Waals surface area contributed by atoms with Gasteiger partial charge < -0.3 is 25.8 Å². The van der Waals surface area contributed by atoms with Crippen LogP contribution in [-0.2, 0) is 20.9 Å². The zero-order chi connectivity index (χ0) is 24.8. The van der Waals surface area contributed by atoms with E-state index in [-0.39, 0.29) is 31.3 Å². The number of fused-ring (bicyclic) bond motifs is 3. The number of ether oxygens (including phenoxy) is 1. The Morgan fingerprint density at radius 1 is 0.914 bits per heavy atom. The molecule has 0 spiro atoms. The van der Waals surface area contributed by atoms with Crippen LogP contribution in [0.15, 0.2) is 53.9 Å². The van der Waals surface area contributed by atoms with Crippen LogP contribution in [0.4, 0.5) is 4.79 Å². The van der Waals surface area contributed by atoms with Crippen molar-refractivity contribution in [2.45, 2.75) is 12.5 Å². The van der Waals surface area contributed by atoms with Gasteiger partial charge in [0.2, 0.25) is 5.91 Å². The van der Waals surface area contributed by atoms with Crippen molar-refractivity contribution in [3.8, 4) is 11.1 Å². The number of nitrogens with one attached hydrogen (secondary N) is 3. The monoisotopic (exact) mass is 494 g/mol. The Bertz CT molecular complexity index is 1230. The van der Waals surface area contributed by atoms with Crippen LogP contribution < -0.4 is 16.0 Å². The Morgan fingerprint density at radius 3 is 2.23 bits per heavy atom. The van der Waals surface area contributed by atoms with Gasteiger partial charge in [0.1, 0.15) is 23.9 Å². The van der Waals surface area contributed by atoms with Crippen LogP contribution in [0.1, 0.15) is 32.5 Å². The molecule has 0 aliphatic heterocycles. The van der Waals surface area contributed by atoms with E-state index in [0.717, 1.165) is 22.3 Å². The average molecular weight is 495 g/mol. The lowest BCUT2D eigenvalue weighted by molar-refractivity contribution is -0.137. The first-order chi connectivity index (χ1) is 16.9. The third kappa shape index (κ3) is 5.82. The van der Waals surface area contributed by atoms with E-state index in [0.29, 0.717) is 5.01 Å². The number of rotatable bonds is 9. The smallest absolute Gasteiger partial charge is 0.407 e. The minimum atomic E-state index is -1.18. The normalized spacial score (nSPS) is 11.8. The molecular formula is C24H22N4O6S. The first-order valence-electron chi connectivity index (χ1n) is 10.7. The average Bonchev–Trinajstić information content (AvgIpc) is 3.46. The Kier molecular flexibility index (Phi) is 7.36. The maximum Gasteiger partial charge on any atom is 0.407 e. The highest BCUT2D eigenvalue weighted by Crippen LogP contribution is 2.44. The molecule has 3 amide bonds. The molecule has 11 heteroatoms. The molecular weight excluding hydrogens is 472 g/mol. The largest absolute Gasteiger partial charge is 0.480 e. The summed E-state index contributed by atoms with van der Waals surface area (Å²) in [6.07, 6.45) is -0.594. The highest BCUT2D eigenvalue weighted by Gasteiger charge is 2.29. The van der Waals surface area contributed by atoms with E-state index in [1.54, 1.807) is 0 Å². The standard InChI is InChI=1S/C24H22N4O6S/c29-20(25-11-22(30)31)9-26-23(32)19-13-35-21(28-19)10-27-24(33)34-12-18-16-7-3-1-5-14(16)15-6-2-4-8-17(15)18/h1-8,13,18H,9-12H2,(H,25,29)(H,26,32)(H,27,33)(H,30,31). The molecule has 0 unspecified atom stereocenters. The molecule has 2 aromatic carbocycles. The van der Waals surface area contributed by atoms with Gasteiger partial charge in [-0.15, -0.1) is 11.3 Å². The highest BCUT2D eigenvalue weighted by atomic mass is 32.1. The molecule has 1 aliphatic carbocycles. The van der Waals surface area contributed by atoms with Crippen molar-refractivity contribution in [1.29, 1.82) is 0 Å². The van der Waals surface area contributed by atoms with Crippen LogP contribution in [0.2, 0.25) is 0 Å². The van der Waals surface area contributed by atoms with Gasteiger partial charge in [-0.25, -0.2) is 9.78 Å². The van der Waals surface area contributed by atoms with E-state index in [9.17, 15) is 19.2 Å². The second kappa shape index (κ2) is 10.8. The number of amides is 3. The Balaban J connectivity index is 1.25. The number of alkyl carbamates (subject to hydrolysis) is 1. The van der Waals surface area contributed by atoms with Gasteiger partial charge in [0.05, 0.1) is 13.1 Å². The maximum absolute atomic E-state index is 12.3. The third-order valence-electron chi connectivity index (χ3n) is 5.36. The zero-order valence-corrected chi connectivity index (χ0v) is 19.3. The minimum Gasteiger partial charge on any atom is -0.480 e. The van der Waals surface area contributed by atoms with E-state index in [2.05, 4.69) is 33.1 Å². The fourth-order valence-corrected chi connectivity index (χ4v) is 4.50. The SMILES string of the molecule is O=C(O)CNC(=O)CNC(=O)c1csc(CNC(=O)OCC2c3ccccc3-c3ccccc32)n1. The molecule has 0 saturated heterocycles. The molecule has 0 atom stereocenters. The molecule has 0 bridgehead atoms. The lowest BCUT2D eigenvalue weighted by Crippen LogP contribution is -2.39. The number of carboxylic acids is 1. The first kappa shape index (κ1) is 23.9. The summed E-state index contributed by atoms with van der Waals surface area (Å²) in [5.41, 5.74) is 4.61. The summed E-state index contributed by atoms with van der Waals surface area (Å²) in [7, 11) is 0. The van der Waals surface area contributed by atoms with Gasteiger partial charge in [-0.3, -0.25) is 14.4 Å². The van der Waals surface area contributed by atoms with E-state index in [4.69, 9.17) is 9.84 Å². The van der Waals surface area contributed by atoms with Crippen molar-refractivity contribution in [1.82, 2.24) is 20.9 Å². The summed E-state index contributed by atoms with van der Waals surface area (Å²) in [5, 5.41) is 17.6. The Hall–Kier alpha value is -4.25. The van der Waals surface area contributed by atoms with Gasteiger partial charge >= 0.3 is 12.1 Å². The lowest BCUT2D eigenvalue weighted by Gasteiger charge is -2.14. The van der Waals surface area contributed by atoms with Gasteiger partial charge in [0.15, 0.2) is 0 Å². The van der Waals surface area contributed by atoms with Crippen molar-refractivity contribution in [3.63, 3.8) is 0 Å². The van der Waals surface area contributed by atoms with Crippen molar-refractivity contribution < 1.29 is 29.0 Å². The molecule has 1 heterocycles. The molecule has 4 rings (SSSR count). The molecule has 1 aromatic heterocycles. The fourth-order valence-electron chi connectivity index (χ4n) is 3.78. The predicted octanol–water partition coefficient (Wildman–Crippen LogP) is 2.11. The maximum atomic E-state index is 12.3. The van der Waals surface area contributed by atoms with Crippen molar-refractivity contribution >= 4 is 35.2 Å². The summed E-state index contributed by atoms with van der Waals surface area (Å²) in [5.74, 6) is -2.44. The van der Waals surface area contributed by atoms with Crippen molar-refractivity contribution in [2.24, 2.45) is 0 Å². The van der Waals surface area contributed by atoms with Gasteiger partial charge in [-0.2, -0.15) is 0 Å². The van der Waals surface area contributed by atoms with Crippen LogP contribution in [0.5, 0.6) is 0 Å². The number of carbonyl (C=O) groups excluding carboxylic acids is 3. The number of nitrogens with zero attached hydrogens (tertiary/aromatic N) is 1. The molecule has 0 saturated carbocycles. The van der Waals surface area contributed by atoms with Crippen LogP contribution in [0.25, 0.3) is 11.1 Å². The number of aliphatic carboxylic acids is 1. The van der Waals surface area contributed by atoms with E-state index in [1.165, 1.54) is 16.7 Å². The molecule has 35 heavy (non-hydrogen) atoms. The first-order valence-corrected chi connectivity index (χ1v) is 11.6. The molecule has 4 N–H and O–H groups in total. The number of carbonyl (C=O) groups is 4. The lowest BCUT2D eigenvalue weighted by atomic mass is 9.98. The van der Waals surface area contributed by atoms with Crippen LogP contribution in [-0.4, -0.2) is 53.7 Å². The number of hydrogen-bond donors (Lipinski definition) is 4. The van der Waals surface area contributed by atoms with E-state index in [1.807, 2.05) is 36.4 Å². The number of hydrogen-bond acceptors (Lipinski definition) is 7. The molecule has 0 fully saturated rings. The van der Waals surface area contributed by atoms with Gasteiger partial charge in [0, 0.05) is 11.3 Å². The van der Waals surface area contributed by atoms with Crippen LogP contribution >= 0.6 is 11.3 Å². The predicted molar refractivity (Wildman–Crippen MR) is 127 cm³/mol. The second-order valence-corrected chi connectivity index (χ2v) is 8.60. The van der Waals surface area contributed by atoms with Gasteiger partial charge in [-0.05, 0) is 22.3 Å². The van der Waals surface area contributed by atoms with Gasteiger partial charge in [-0.1, -0.05) is 48.5 Å². The molecule has 10 nitrogen and oxygen atoms in total. The highest BCUT2D eigenvalue weighted by molar-refractivity contribution is 7.09. The number of aromatic nitrogens is 1. The van der Waals surface area contributed by atoms with Crippen LogP contribution in [0, 0.1) is 0 Å². The van der Waals surface area contributed by atoms with E-state index >= 15 is 0 Å². The second-order valence-electron chi connectivity index (χ2n) is 7.66. The number of benzene rings is 2. The zero-order valence-electron chi connectivity index (χ0n) is 18.4.